The molecular weight excluding hydrogens is 184 g/mol. The maximum absolute atomic E-state index is 11.6. The molecule has 1 rings (SSSR count). The summed E-state index contributed by atoms with van der Waals surface area (Å²) in [6.45, 7) is 13.4. The van der Waals surface area contributed by atoms with Gasteiger partial charge in [0.05, 0.1) is 0 Å². The van der Waals surface area contributed by atoms with E-state index in [-0.39, 0.29) is 10.8 Å². The van der Waals surface area contributed by atoms with Crippen LogP contribution in [-0.2, 0) is 4.79 Å². The third-order valence-corrected chi connectivity index (χ3v) is 3.20. The number of carbonyl (C=O) groups excluding carboxylic acids is 1. The van der Waals surface area contributed by atoms with Crippen molar-refractivity contribution in [2.75, 3.05) is 0 Å². The summed E-state index contributed by atoms with van der Waals surface area (Å²) in [5, 5.41) is 0. The van der Waals surface area contributed by atoms with Gasteiger partial charge in [-0.15, -0.1) is 0 Å². The highest BCUT2D eigenvalue weighted by molar-refractivity contribution is 5.83. The predicted octanol–water partition coefficient (Wildman–Crippen LogP) is 4.13. The van der Waals surface area contributed by atoms with Crippen molar-refractivity contribution in [3.05, 3.63) is 11.1 Å². The van der Waals surface area contributed by atoms with Crippen molar-refractivity contribution >= 4 is 5.78 Å². The lowest BCUT2D eigenvalue weighted by atomic mass is 9.69. The summed E-state index contributed by atoms with van der Waals surface area (Å²) in [5.41, 5.74) is 3.24. The second kappa shape index (κ2) is 3.77. The van der Waals surface area contributed by atoms with Gasteiger partial charge in [0.2, 0.25) is 0 Å². The van der Waals surface area contributed by atoms with Crippen molar-refractivity contribution in [1.29, 1.82) is 0 Å². The molecule has 0 heterocycles. The van der Waals surface area contributed by atoms with Crippen LogP contribution in [0, 0.1) is 10.8 Å². The van der Waals surface area contributed by atoms with Crippen LogP contribution in [0.15, 0.2) is 11.1 Å². The molecule has 0 spiro atoms. The fraction of sp³-hybridized carbons (Fsp3) is 0.786. The Labute approximate surface area is 93.9 Å². The van der Waals surface area contributed by atoms with E-state index in [1.54, 1.807) is 0 Å². The number of rotatable bonds is 0. The van der Waals surface area contributed by atoms with Gasteiger partial charge in [-0.1, -0.05) is 52.7 Å². The van der Waals surface area contributed by atoms with Gasteiger partial charge in [-0.3, -0.25) is 4.79 Å². The van der Waals surface area contributed by atoms with Crippen LogP contribution in [0.3, 0.4) is 0 Å². The molecule has 0 unspecified atom stereocenters. The van der Waals surface area contributed by atoms with Crippen molar-refractivity contribution in [1.82, 2.24) is 0 Å². The first-order valence-corrected chi connectivity index (χ1v) is 5.87. The smallest absolute Gasteiger partial charge is 0.137 e. The second-order valence-electron chi connectivity index (χ2n) is 6.67. The van der Waals surface area contributed by atoms with Crippen LogP contribution in [0.2, 0.25) is 0 Å². The van der Waals surface area contributed by atoms with E-state index in [1.807, 2.05) is 0 Å². The van der Waals surface area contributed by atoms with E-state index in [0.717, 1.165) is 12.8 Å². The summed E-state index contributed by atoms with van der Waals surface area (Å²) >= 11 is 0. The highest BCUT2D eigenvalue weighted by atomic mass is 16.1. The largest absolute Gasteiger partial charge is 0.299 e. The SMILES string of the molecule is CC(C)(C)C1=C(C(C)(C)C)CC(=O)CC1. The first-order valence-electron chi connectivity index (χ1n) is 5.87. The van der Waals surface area contributed by atoms with E-state index in [1.165, 1.54) is 11.1 Å². The molecule has 0 N–H and O–H groups in total. The fourth-order valence-electron chi connectivity index (χ4n) is 2.35. The number of ketones is 1. The molecule has 0 aromatic carbocycles. The zero-order chi connectivity index (χ0) is 11.9. The maximum Gasteiger partial charge on any atom is 0.137 e. The van der Waals surface area contributed by atoms with Crippen LogP contribution in [0.1, 0.15) is 60.8 Å². The Morgan fingerprint density at radius 3 is 1.67 bits per heavy atom. The van der Waals surface area contributed by atoms with Crippen molar-refractivity contribution < 1.29 is 4.79 Å². The number of Topliss-reactive ketones (excluding diaryl/α,β-unsaturated/α-hetero) is 1. The van der Waals surface area contributed by atoms with Crippen LogP contribution < -0.4 is 0 Å². The van der Waals surface area contributed by atoms with Gasteiger partial charge in [-0.25, -0.2) is 0 Å². The normalized spacial score (nSPS) is 19.7. The van der Waals surface area contributed by atoms with Gasteiger partial charge in [0, 0.05) is 12.8 Å². The Balaban J connectivity index is 3.19. The van der Waals surface area contributed by atoms with Crippen molar-refractivity contribution in [2.45, 2.75) is 60.8 Å². The molecule has 0 amide bonds. The molecular formula is C14H24O. The highest BCUT2D eigenvalue weighted by Gasteiger charge is 2.31. The lowest BCUT2D eigenvalue weighted by molar-refractivity contribution is -0.119. The second-order valence-corrected chi connectivity index (χ2v) is 6.67. The quantitative estimate of drug-likeness (QED) is 0.547. The lowest BCUT2D eigenvalue weighted by Crippen LogP contribution is -2.25. The summed E-state index contributed by atoms with van der Waals surface area (Å²) in [6, 6.07) is 0. The Hall–Kier alpha value is -0.590. The van der Waals surface area contributed by atoms with Gasteiger partial charge in [0.25, 0.3) is 0 Å². The van der Waals surface area contributed by atoms with E-state index in [0.29, 0.717) is 12.2 Å². The summed E-state index contributed by atoms with van der Waals surface area (Å²) in [7, 11) is 0. The van der Waals surface area contributed by atoms with Gasteiger partial charge in [-0.2, -0.15) is 0 Å². The molecule has 86 valence electrons. The monoisotopic (exact) mass is 208 g/mol. The molecule has 1 aliphatic carbocycles. The summed E-state index contributed by atoms with van der Waals surface area (Å²) in [4.78, 5) is 11.6. The molecule has 0 fully saturated rings. The summed E-state index contributed by atoms with van der Waals surface area (Å²) in [5.74, 6) is 0.410. The average molecular weight is 208 g/mol. The molecule has 1 heteroatoms. The van der Waals surface area contributed by atoms with Crippen molar-refractivity contribution in [2.24, 2.45) is 10.8 Å². The first-order chi connectivity index (χ1) is 6.62. The third-order valence-electron chi connectivity index (χ3n) is 3.20. The van der Waals surface area contributed by atoms with Gasteiger partial charge in [-0.05, 0) is 17.3 Å². The van der Waals surface area contributed by atoms with Gasteiger partial charge < -0.3 is 0 Å². The van der Waals surface area contributed by atoms with Crippen LogP contribution >= 0.6 is 0 Å². The third kappa shape index (κ3) is 2.93. The minimum Gasteiger partial charge on any atom is -0.299 e. The molecule has 1 nitrogen and oxygen atoms in total. The molecule has 0 radical (unpaired) electrons. The van der Waals surface area contributed by atoms with Crippen molar-refractivity contribution in [3.63, 3.8) is 0 Å². The molecule has 0 saturated carbocycles. The Morgan fingerprint density at radius 1 is 0.800 bits per heavy atom. The first kappa shape index (κ1) is 12.5. The molecule has 15 heavy (non-hydrogen) atoms. The minimum atomic E-state index is 0.138. The molecule has 0 saturated heterocycles. The topological polar surface area (TPSA) is 17.1 Å². The molecule has 0 atom stereocenters. The van der Waals surface area contributed by atoms with Crippen molar-refractivity contribution in [3.8, 4) is 0 Å². The molecule has 0 aromatic heterocycles. The van der Waals surface area contributed by atoms with E-state index >= 15 is 0 Å². The van der Waals surface area contributed by atoms with Gasteiger partial charge >= 0.3 is 0 Å². The van der Waals surface area contributed by atoms with Crippen LogP contribution in [0.4, 0.5) is 0 Å². The van der Waals surface area contributed by atoms with E-state index < -0.39 is 0 Å². The number of allylic oxidation sites excluding steroid dienone is 2. The van der Waals surface area contributed by atoms with E-state index in [4.69, 9.17) is 0 Å². The lowest BCUT2D eigenvalue weighted by Gasteiger charge is -2.36. The zero-order valence-corrected chi connectivity index (χ0v) is 11.0. The molecule has 0 bridgehead atoms. The molecule has 1 aliphatic rings. The Morgan fingerprint density at radius 2 is 1.27 bits per heavy atom. The van der Waals surface area contributed by atoms with E-state index in [9.17, 15) is 4.79 Å². The summed E-state index contributed by atoms with van der Waals surface area (Å²) < 4.78 is 0. The predicted molar refractivity (Wildman–Crippen MR) is 64.8 cm³/mol. The standard InChI is InChI=1S/C14H24O/c1-13(2,3)11-8-7-10(15)9-12(11)14(4,5)6/h7-9H2,1-6H3. The van der Waals surface area contributed by atoms with Gasteiger partial charge in [0.1, 0.15) is 5.78 Å². The Kier molecular flexibility index (Phi) is 3.14. The van der Waals surface area contributed by atoms with Gasteiger partial charge in [0.15, 0.2) is 0 Å². The summed E-state index contributed by atoms with van der Waals surface area (Å²) in [6.07, 6.45) is 2.39. The van der Waals surface area contributed by atoms with Crippen LogP contribution in [-0.4, -0.2) is 5.78 Å². The number of hydrogen-bond donors (Lipinski definition) is 0. The number of carbonyl (C=O) groups is 1. The number of hydrogen-bond acceptors (Lipinski definition) is 1. The zero-order valence-electron chi connectivity index (χ0n) is 11.0. The Bertz CT molecular complexity index is 294. The van der Waals surface area contributed by atoms with E-state index in [2.05, 4.69) is 41.5 Å². The molecule has 0 aromatic rings. The highest BCUT2D eigenvalue weighted by Crippen LogP contribution is 2.43. The van der Waals surface area contributed by atoms with Crippen LogP contribution in [0.25, 0.3) is 0 Å². The maximum atomic E-state index is 11.6. The average Bonchev–Trinajstić information content (AvgIpc) is 2.00. The fourth-order valence-corrected chi connectivity index (χ4v) is 2.35. The van der Waals surface area contributed by atoms with Crippen LogP contribution in [0.5, 0.6) is 0 Å². The molecule has 0 aliphatic heterocycles. The minimum absolute atomic E-state index is 0.138.